The third-order valence-corrected chi connectivity index (χ3v) is 3.81. The lowest BCUT2D eigenvalue weighted by atomic mass is 10.2. The number of anilines is 1. The van der Waals surface area contributed by atoms with Crippen LogP contribution in [0.2, 0.25) is 0 Å². The molecule has 2 rings (SSSR count). The number of carbonyl (C=O) groups is 1. The van der Waals surface area contributed by atoms with Gasteiger partial charge in [-0.3, -0.25) is 4.68 Å². The summed E-state index contributed by atoms with van der Waals surface area (Å²) in [7, 11) is 1.75. The zero-order chi connectivity index (χ0) is 14.0. The Morgan fingerprint density at radius 2 is 2.37 bits per heavy atom. The van der Waals surface area contributed by atoms with Gasteiger partial charge in [0.25, 0.3) is 0 Å². The maximum atomic E-state index is 11.3. The Hall–Kier alpha value is -1.82. The number of carboxylic acids is 1. The highest BCUT2D eigenvalue weighted by molar-refractivity contribution is 7.09. The van der Waals surface area contributed by atoms with E-state index in [2.05, 4.69) is 16.5 Å². The molecule has 5 nitrogen and oxygen atoms in total. The van der Waals surface area contributed by atoms with Crippen molar-refractivity contribution in [3.8, 4) is 0 Å². The van der Waals surface area contributed by atoms with Crippen molar-refractivity contribution in [1.29, 1.82) is 0 Å². The molecule has 0 radical (unpaired) electrons. The second-order valence-electron chi connectivity index (χ2n) is 4.57. The van der Waals surface area contributed by atoms with E-state index >= 15 is 0 Å². The molecule has 0 aliphatic rings. The number of aromatic nitrogens is 2. The predicted molar refractivity (Wildman–Crippen MR) is 76.0 cm³/mol. The van der Waals surface area contributed by atoms with E-state index in [4.69, 9.17) is 0 Å². The third-order valence-electron chi connectivity index (χ3n) is 2.91. The second kappa shape index (κ2) is 5.44. The lowest BCUT2D eigenvalue weighted by Gasteiger charge is -2.15. The summed E-state index contributed by atoms with van der Waals surface area (Å²) in [5.74, 6) is -0.384. The van der Waals surface area contributed by atoms with Gasteiger partial charge < -0.3 is 10.4 Å². The number of hydrogen-bond donors (Lipinski definition) is 2. The first-order valence-electron chi connectivity index (χ1n) is 6.05. The van der Waals surface area contributed by atoms with Gasteiger partial charge in [-0.25, -0.2) is 4.79 Å². The van der Waals surface area contributed by atoms with Crippen molar-refractivity contribution in [2.24, 2.45) is 7.05 Å². The van der Waals surface area contributed by atoms with Gasteiger partial charge in [0.15, 0.2) is 0 Å². The molecule has 19 heavy (non-hydrogen) atoms. The van der Waals surface area contributed by atoms with Crippen LogP contribution in [0, 0.1) is 6.92 Å². The first-order valence-corrected chi connectivity index (χ1v) is 6.92. The van der Waals surface area contributed by atoms with Crippen LogP contribution in [0.1, 0.15) is 27.9 Å². The van der Waals surface area contributed by atoms with Crippen LogP contribution in [0.5, 0.6) is 0 Å². The first kappa shape index (κ1) is 13.6. The molecule has 0 aliphatic carbocycles. The van der Waals surface area contributed by atoms with E-state index < -0.39 is 5.97 Å². The molecule has 0 fully saturated rings. The fourth-order valence-electron chi connectivity index (χ4n) is 2.09. The Morgan fingerprint density at radius 3 is 2.95 bits per heavy atom. The monoisotopic (exact) mass is 279 g/mol. The van der Waals surface area contributed by atoms with E-state index in [1.165, 1.54) is 4.88 Å². The highest BCUT2D eigenvalue weighted by Crippen LogP contribution is 2.21. The molecule has 1 unspecified atom stereocenters. The van der Waals surface area contributed by atoms with E-state index in [1.54, 1.807) is 30.0 Å². The minimum Gasteiger partial charge on any atom is -0.477 e. The fourth-order valence-corrected chi connectivity index (χ4v) is 2.93. The number of nitrogens with one attached hydrogen (secondary N) is 1. The number of rotatable bonds is 5. The highest BCUT2D eigenvalue weighted by atomic mass is 32.1. The van der Waals surface area contributed by atoms with Crippen LogP contribution in [0.25, 0.3) is 0 Å². The summed E-state index contributed by atoms with van der Waals surface area (Å²) in [6.07, 6.45) is 0.862. The van der Waals surface area contributed by atoms with Gasteiger partial charge in [0.2, 0.25) is 0 Å². The molecule has 0 amide bonds. The van der Waals surface area contributed by atoms with E-state index in [9.17, 15) is 9.90 Å². The number of carboxylic acid groups (broad SMARTS) is 1. The maximum absolute atomic E-state index is 11.3. The largest absolute Gasteiger partial charge is 0.477 e. The summed E-state index contributed by atoms with van der Waals surface area (Å²) in [4.78, 5) is 12.5. The zero-order valence-electron chi connectivity index (χ0n) is 11.2. The van der Waals surface area contributed by atoms with Gasteiger partial charge in [0.1, 0.15) is 11.4 Å². The molecule has 0 aliphatic heterocycles. The van der Waals surface area contributed by atoms with Crippen molar-refractivity contribution < 1.29 is 9.90 Å². The molecule has 0 bridgehead atoms. The molecule has 0 aromatic carbocycles. The normalized spacial score (nSPS) is 12.4. The predicted octanol–water partition coefficient (Wildman–Crippen LogP) is 2.53. The molecule has 6 heteroatoms. The van der Waals surface area contributed by atoms with E-state index in [1.807, 2.05) is 18.4 Å². The minimum atomic E-state index is -0.948. The molecule has 2 aromatic rings. The maximum Gasteiger partial charge on any atom is 0.341 e. The van der Waals surface area contributed by atoms with Crippen LogP contribution in [-0.4, -0.2) is 26.9 Å². The Labute approximate surface area is 115 Å². The van der Waals surface area contributed by atoms with Crippen molar-refractivity contribution in [1.82, 2.24) is 9.78 Å². The lowest BCUT2D eigenvalue weighted by molar-refractivity contribution is 0.0697. The Bertz CT molecular complexity index is 575. The van der Waals surface area contributed by atoms with Gasteiger partial charge >= 0.3 is 5.97 Å². The molecular weight excluding hydrogens is 262 g/mol. The molecule has 1 atom stereocenters. The third kappa shape index (κ3) is 2.96. The van der Waals surface area contributed by atoms with Gasteiger partial charge in [0, 0.05) is 24.4 Å². The second-order valence-corrected chi connectivity index (χ2v) is 5.60. The number of nitrogens with zero attached hydrogens (tertiary/aromatic N) is 2. The molecule has 2 heterocycles. The average Bonchev–Trinajstić information content (AvgIpc) is 2.88. The lowest BCUT2D eigenvalue weighted by Crippen LogP contribution is -2.21. The van der Waals surface area contributed by atoms with Crippen LogP contribution in [0.4, 0.5) is 5.82 Å². The van der Waals surface area contributed by atoms with Crippen molar-refractivity contribution >= 4 is 23.1 Å². The molecule has 0 saturated carbocycles. The first-order chi connectivity index (χ1) is 8.99. The van der Waals surface area contributed by atoms with Gasteiger partial charge in [-0.1, -0.05) is 6.07 Å². The van der Waals surface area contributed by atoms with Crippen LogP contribution in [0.3, 0.4) is 0 Å². The smallest absolute Gasteiger partial charge is 0.341 e. The zero-order valence-corrected chi connectivity index (χ0v) is 12.0. The van der Waals surface area contributed by atoms with Crippen LogP contribution < -0.4 is 5.32 Å². The van der Waals surface area contributed by atoms with Gasteiger partial charge in [-0.05, 0) is 25.3 Å². The van der Waals surface area contributed by atoms with Crippen molar-refractivity contribution in [3.63, 3.8) is 0 Å². The highest BCUT2D eigenvalue weighted by Gasteiger charge is 2.20. The Morgan fingerprint density at radius 1 is 1.63 bits per heavy atom. The Kier molecular flexibility index (Phi) is 3.90. The van der Waals surface area contributed by atoms with E-state index in [0.29, 0.717) is 11.5 Å². The van der Waals surface area contributed by atoms with Gasteiger partial charge in [0.05, 0.1) is 5.69 Å². The molecule has 0 spiro atoms. The quantitative estimate of drug-likeness (QED) is 0.882. The Balaban J connectivity index is 2.16. The topological polar surface area (TPSA) is 67.2 Å². The number of aryl methyl sites for hydroxylation is 2. The number of hydrogen-bond acceptors (Lipinski definition) is 4. The summed E-state index contributed by atoms with van der Waals surface area (Å²) in [5, 5.41) is 18.7. The minimum absolute atomic E-state index is 0.145. The average molecular weight is 279 g/mol. The van der Waals surface area contributed by atoms with Crippen molar-refractivity contribution in [2.45, 2.75) is 26.3 Å². The molecule has 0 saturated heterocycles. The van der Waals surface area contributed by atoms with Crippen LogP contribution in [-0.2, 0) is 13.5 Å². The van der Waals surface area contributed by atoms with Crippen molar-refractivity contribution in [3.05, 3.63) is 33.6 Å². The summed E-state index contributed by atoms with van der Waals surface area (Å²) < 4.78 is 1.59. The van der Waals surface area contributed by atoms with E-state index in [0.717, 1.165) is 6.42 Å². The molecule has 102 valence electrons. The fraction of sp³-hybridized carbons (Fsp3) is 0.385. The number of thiophene rings is 1. The van der Waals surface area contributed by atoms with Crippen LogP contribution >= 0.6 is 11.3 Å². The SMILES string of the molecule is Cc1nn(C)c(NC(C)Cc2cccs2)c1C(=O)O. The number of aromatic carboxylic acids is 1. The summed E-state index contributed by atoms with van der Waals surface area (Å²) in [5.41, 5.74) is 0.779. The summed E-state index contributed by atoms with van der Waals surface area (Å²) >= 11 is 1.70. The summed E-state index contributed by atoms with van der Waals surface area (Å²) in [6, 6.07) is 4.24. The van der Waals surface area contributed by atoms with Gasteiger partial charge in [-0.15, -0.1) is 11.3 Å². The van der Waals surface area contributed by atoms with Gasteiger partial charge in [-0.2, -0.15) is 5.10 Å². The van der Waals surface area contributed by atoms with Crippen molar-refractivity contribution in [2.75, 3.05) is 5.32 Å². The molecule has 2 N–H and O–H groups in total. The van der Waals surface area contributed by atoms with E-state index in [-0.39, 0.29) is 11.6 Å². The standard InChI is InChI=1S/C13H17N3O2S/c1-8(7-10-5-4-6-19-10)14-12-11(13(17)18)9(2)15-16(12)3/h4-6,8,14H,7H2,1-3H3,(H,17,18). The molecule has 2 aromatic heterocycles. The summed E-state index contributed by atoms with van der Waals surface area (Å²) in [6.45, 7) is 3.74. The molecular formula is C13H17N3O2S. The van der Waals surface area contributed by atoms with Crippen LogP contribution in [0.15, 0.2) is 17.5 Å².